The highest BCUT2D eigenvalue weighted by molar-refractivity contribution is 5.75. The van der Waals surface area contributed by atoms with Crippen molar-refractivity contribution in [3.8, 4) is 0 Å². The standard InChI is InChI=1S/C14H17FN2O3/c15-11-3-1-9(2-4-11)10-7-12(8-10)17-14(20)16-6-5-13(18)19/h1-4,10,12H,5-8H2,(H,18,19)(H2,16,17,20). The number of halogens is 1. The first-order chi connectivity index (χ1) is 9.54. The second-order valence-electron chi connectivity index (χ2n) is 4.96. The lowest BCUT2D eigenvalue weighted by molar-refractivity contribution is -0.136. The van der Waals surface area contributed by atoms with Crippen molar-refractivity contribution in [2.75, 3.05) is 6.54 Å². The maximum atomic E-state index is 12.8. The van der Waals surface area contributed by atoms with Gasteiger partial charge in [0.05, 0.1) is 6.42 Å². The van der Waals surface area contributed by atoms with E-state index < -0.39 is 5.97 Å². The van der Waals surface area contributed by atoms with Gasteiger partial charge in [0.2, 0.25) is 0 Å². The molecule has 3 N–H and O–H groups in total. The van der Waals surface area contributed by atoms with Gasteiger partial charge >= 0.3 is 12.0 Å². The van der Waals surface area contributed by atoms with Gasteiger partial charge in [0.25, 0.3) is 0 Å². The van der Waals surface area contributed by atoms with E-state index in [-0.39, 0.29) is 30.9 Å². The number of rotatable bonds is 5. The topological polar surface area (TPSA) is 78.4 Å². The molecule has 0 unspecified atom stereocenters. The summed E-state index contributed by atoms with van der Waals surface area (Å²) in [4.78, 5) is 21.7. The number of amides is 2. The molecule has 1 aromatic carbocycles. The lowest BCUT2D eigenvalue weighted by atomic mass is 9.76. The molecule has 0 saturated heterocycles. The molecule has 1 fully saturated rings. The molecular weight excluding hydrogens is 263 g/mol. The van der Waals surface area contributed by atoms with E-state index in [9.17, 15) is 14.0 Å². The largest absolute Gasteiger partial charge is 0.481 e. The van der Waals surface area contributed by atoms with E-state index in [1.165, 1.54) is 12.1 Å². The monoisotopic (exact) mass is 280 g/mol. The molecule has 0 aromatic heterocycles. The minimum Gasteiger partial charge on any atom is -0.481 e. The summed E-state index contributed by atoms with van der Waals surface area (Å²) in [5, 5.41) is 13.7. The molecule has 0 heterocycles. The maximum Gasteiger partial charge on any atom is 0.315 e. The van der Waals surface area contributed by atoms with E-state index in [0.717, 1.165) is 18.4 Å². The van der Waals surface area contributed by atoms with Crippen LogP contribution in [0.4, 0.5) is 9.18 Å². The van der Waals surface area contributed by atoms with Crippen molar-refractivity contribution < 1.29 is 19.1 Å². The Morgan fingerprint density at radius 1 is 1.25 bits per heavy atom. The summed E-state index contributed by atoms with van der Waals surface area (Å²) in [6.07, 6.45) is 1.55. The van der Waals surface area contributed by atoms with Crippen LogP contribution >= 0.6 is 0 Å². The van der Waals surface area contributed by atoms with Crippen molar-refractivity contribution >= 4 is 12.0 Å². The molecule has 108 valence electrons. The number of benzene rings is 1. The smallest absolute Gasteiger partial charge is 0.315 e. The van der Waals surface area contributed by atoms with Crippen molar-refractivity contribution in [3.63, 3.8) is 0 Å². The summed E-state index contributed by atoms with van der Waals surface area (Å²) in [6.45, 7) is 0.120. The van der Waals surface area contributed by atoms with Crippen LogP contribution in [0, 0.1) is 5.82 Å². The zero-order valence-corrected chi connectivity index (χ0v) is 10.9. The van der Waals surface area contributed by atoms with E-state index in [4.69, 9.17) is 5.11 Å². The molecular formula is C14H17FN2O3. The average Bonchev–Trinajstić information content (AvgIpc) is 2.34. The van der Waals surface area contributed by atoms with Crippen molar-refractivity contribution in [1.29, 1.82) is 0 Å². The molecule has 20 heavy (non-hydrogen) atoms. The van der Waals surface area contributed by atoms with Gasteiger partial charge < -0.3 is 15.7 Å². The molecule has 0 spiro atoms. The molecule has 0 radical (unpaired) electrons. The van der Waals surface area contributed by atoms with E-state index in [2.05, 4.69) is 10.6 Å². The summed E-state index contributed by atoms with van der Waals surface area (Å²) in [6, 6.07) is 6.17. The van der Waals surface area contributed by atoms with Gasteiger partial charge in [-0.15, -0.1) is 0 Å². The van der Waals surface area contributed by atoms with E-state index in [1.54, 1.807) is 12.1 Å². The zero-order valence-electron chi connectivity index (χ0n) is 10.9. The Morgan fingerprint density at radius 3 is 2.50 bits per heavy atom. The normalized spacial score (nSPS) is 20.9. The van der Waals surface area contributed by atoms with Gasteiger partial charge in [0.1, 0.15) is 5.82 Å². The molecule has 0 bridgehead atoms. The predicted octanol–water partition coefficient (Wildman–Crippen LogP) is 1.85. The van der Waals surface area contributed by atoms with Gasteiger partial charge in [0.15, 0.2) is 0 Å². The summed E-state index contributed by atoms with van der Waals surface area (Å²) in [5.74, 6) is -0.842. The Morgan fingerprint density at radius 2 is 1.90 bits per heavy atom. The van der Waals surface area contributed by atoms with Crippen molar-refractivity contribution in [2.24, 2.45) is 0 Å². The van der Waals surface area contributed by atoms with Gasteiger partial charge in [-0.1, -0.05) is 12.1 Å². The predicted molar refractivity (Wildman–Crippen MR) is 71.0 cm³/mol. The Bertz CT molecular complexity index is 484. The highest BCUT2D eigenvalue weighted by atomic mass is 19.1. The van der Waals surface area contributed by atoms with Crippen LogP contribution in [-0.4, -0.2) is 29.7 Å². The Kier molecular flexibility index (Phi) is 4.55. The summed E-state index contributed by atoms with van der Waals surface area (Å²) < 4.78 is 12.8. The van der Waals surface area contributed by atoms with Crippen molar-refractivity contribution in [1.82, 2.24) is 10.6 Å². The number of hydrogen-bond donors (Lipinski definition) is 3. The van der Waals surface area contributed by atoms with Gasteiger partial charge in [-0.05, 0) is 36.5 Å². The van der Waals surface area contributed by atoms with Crippen LogP contribution in [0.5, 0.6) is 0 Å². The van der Waals surface area contributed by atoms with Gasteiger partial charge in [-0.25, -0.2) is 9.18 Å². The number of carboxylic acid groups (broad SMARTS) is 1. The zero-order chi connectivity index (χ0) is 14.5. The second kappa shape index (κ2) is 6.36. The molecule has 1 aliphatic rings. The van der Waals surface area contributed by atoms with Crippen LogP contribution in [0.25, 0.3) is 0 Å². The van der Waals surface area contributed by atoms with Gasteiger partial charge in [0, 0.05) is 12.6 Å². The molecule has 2 amide bonds. The molecule has 6 heteroatoms. The van der Waals surface area contributed by atoms with E-state index in [0.29, 0.717) is 5.92 Å². The van der Waals surface area contributed by atoms with Crippen LogP contribution in [0.2, 0.25) is 0 Å². The van der Waals surface area contributed by atoms with Crippen LogP contribution in [-0.2, 0) is 4.79 Å². The minimum atomic E-state index is -0.940. The number of urea groups is 1. The molecule has 1 aliphatic carbocycles. The average molecular weight is 280 g/mol. The Labute approximate surface area is 116 Å². The molecule has 1 saturated carbocycles. The fourth-order valence-corrected chi connectivity index (χ4v) is 2.26. The highest BCUT2D eigenvalue weighted by Gasteiger charge is 2.31. The quantitative estimate of drug-likeness (QED) is 0.770. The summed E-state index contributed by atoms with van der Waals surface area (Å²) >= 11 is 0. The third-order valence-electron chi connectivity index (χ3n) is 3.44. The van der Waals surface area contributed by atoms with Crippen LogP contribution in [0.3, 0.4) is 0 Å². The first kappa shape index (κ1) is 14.3. The number of carbonyl (C=O) groups is 2. The van der Waals surface area contributed by atoms with Gasteiger partial charge in [-0.2, -0.15) is 0 Å². The first-order valence-corrected chi connectivity index (χ1v) is 6.56. The first-order valence-electron chi connectivity index (χ1n) is 6.56. The lowest BCUT2D eigenvalue weighted by Gasteiger charge is -2.36. The van der Waals surface area contributed by atoms with Crippen LogP contribution < -0.4 is 10.6 Å². The van der Waals surface area contributed by atoms with Crippen molar-refractivity contribution in [2.45, 2.75) is 31.2 Å². The number of aliphatic carboxylic acids is 1. The molecule has 1 aromatic rings. The SMILES string of the molecule is O=C(O)CCNC(=O)NC1CC(c2ccc(F)cc2)C1. The van der Waals surface area contributed by atoms with E-state index in [1.807, 2.05) is 0 Å². The van der Waals surface area contributed by atoms with Crippen molar-refractivity contribution in [3.05, 3.63) is 35.6 Å². The van der Waals surface area contributed by atoms with Gasteiger partial charge in [-0.3, -0.25) is 4.79 Å². The second-order valence-corrected chi connectivity index (χ2v) is 4.96. The lowest BCUT2D eigenvalue weighted by Crippen LogP contribution is -2.48. The third kappa shape index (κ3) is 3.94. The van der Waals surface area contributed by atoms with Crippen LogP contribution in [0.1, 0.15) is 30.7 Å². The minimum absolute atomic E-state index is 0.0870. The Balaban J connectivity index is 1.67. The highest BCUT2D eigenvalue weighted by Crippen LogP contribution is 2.36. The Hall–Kier alpha value is -2.11. The third-order valence-corrected chi connectivity index (χ3v) is 3.44. The maximum absolute atomic E-state index is 12.8. The summed E-state index contributed by atoms with van der Waals surface area (Å²) in [7, 11) is 0. The van der Waals surface area contributed by atoms with Crippen LogP contribution in [0.15, 0.2) is 24.3 Å². The molecule has 0 atom stereocenters. The molecule has 5 nitrogen and oxygen atoms in total. The number of carbonyl (C=O) groups excluding carboxylic acids is 1. The number of hydrogen-bond acceptors (Lipinski definition) is 2. The fraction of sp³-hybridized carbons (Fsp3) is 0.429. The fourth-order valence-electron chi connectivity index (χ4n) is 2.26. The molecule has 0 aliphatic heterocycles. The van der Waals surface area contributed by atoms with E-state index >= 15 is 0 Å². The number of carboxylic acids is 1. The summed E-state index contributed by atoms with van der Waals surface area (Å²) in [5.41, 5.74) is 1.08. The molecule has 2 rings (SSSR count). The number of nitrogens with one attached hydrogen (secondary N) is 2.